The molecule has 3 aromatic rings. The van der Waals surface area contributed by atoms with Gasteiger partial charge in [-0.15, -0.1) is 11.3 Å². The molecule has 0 saturated carbocycles. The second-order valence-electron chi connectivity index (χ2n) is 6.48. The summed E-state index contributed by atoms with van der Waals surface area (Å²) in [4.78, 5) is 53.6. The standard InChI is InChI=1S/C22H19N3O6S/c1-3-31-22(30)16-12(2)17(19(27)24-13-7-5-4-6-8-13)32-20(16)25-18(26)14-9-10-23-11-15(14)21(28)29/h4-11H,3H2,1-2H3,(H,24,27)(H,25,26)(H,28,29). The maximum absolute atomic E-state index is 12.8. The number of rotatable bonds is 7. The molecule has 0 atom stereocenters. The lowest BCUT2D eigenvalue weighted by atomic mass is 10.1. The van der Waals surface area contributed by atoms with E-state index in [1.165, 1.54) is 12.3 Å². The number of anilines is 2. The highest BCUT2D eigenvalue weighted by atomic mass is 32.1. The van der Waals surface area contributed by atoms with Gasteiger partial charge in [-0.25, -0.2) is 9.59 Å². The summed E-state index contributed by atoms with van der Waals surface area (Å²) in [5.41, 5.74) is 0.512. The molecule has 10 heteroatoms. The van der Waals surface area contributed by atoms with Crippen LogP contribution in [0.25, 0.3) is 0 Å². The van der Waals surface area contributed by atoms with Crippen molar-refractivity contribution in [2.75, 3.05) is 17.2 Å². The number of ether oxygens (including phenoxy) is 1. The van der Waals surface area contributed by atoms with Crippen molar-refractivity contribution in [1.82, 2.24) is 4.98 Å². The largest absolute Gasteiger partial charge is 0.478 e. The Hall–Kier alpha value is -4.05. The highest BCUT2D eigenvalue weighted by Gasteiger charge is 2.28. The number of aromatic carboxylic acids is 1. The number of aromatic nitrogens is 1. The average molecular weight is 453 g/mol. The third-order valence-corrected chi connectivity index (χ3v) is 5.59. The number of nitrogens with one attached hydrogen (secondary N) is 2. The number of carbonyl (C=O) groups is 4. The number of benzene rings is 1. The lowest BCUT2D eigenvalue weighted by Crippen LogP contribution is -2.18. The Morgan fingerprint density at radius 2 is 1.75 bits per heavy atom. The molecular formula is C22H19N3O6S. The Bertz CT molecular complexity index is 1190. The van der Waals surface area contributed by atoms with Gasteiger partial charge >= 0.3 is 11.9 Å². The fraction of sp³-hybridized carbons (Fsp3) is 0.136. The molecule has 0 aliphatic rings. The van der Waals surface area contributed by atoms with Crippen molar-refractivity contribution in [2.24, 2.45) is 0 Å². The first-order valence-electron chi connectivity index (χ1n) is 9.49. The van der Waals surface area contributed by atoms with Crippen molar-refractivity contribution >= 4 is 45.8 Å². The predicted octanol–water partition coefficient (Wildman–Crippen LogP) is 3.83. The third kappa shape index (κ3) is 4.81. The Kier molecular flexibility index (Phi) is 6.96. The second kappa shape index (κ2) is 9.84. The van der Waals surface area contributed by atoms with E-state index in [1.54, 1.807) is 38.1 Å². The third-order valence-electron chi connectivity index (χ3n) is 4.39. The van der Waals surface area contributed by atoms with E-state index in [0.29, 0.717) is 11.3 Å². The van der Waals surface area contributed by atoms with Gasteiger partial charge in [-0.1, -0.05) is 18.2 Å². The zero-order chi connectivity index (χ0) is 23.3. The van der Waals surface area contributed by atoms with Crippen molar-refractivity contribution in [3.63, 3.8) is 0 Å². The molecule has 0 saturated heterocycles. The first kappa shape index (κ1) is 22.6. The van der Waals surface area contributed by atoms with Crippen LogP contribution in [0, 0.1) is 6.92 Å². The highest BCUT2D eigenvalue weighted by Crippen LogP contribution is 2.34. The van der Waals surface area contributed by atoms with Crippen LogP contribution in [0.15, 0.2) is 48.8 Å². The van der Waals surface area contributed by atoms with Crippen molar-refractivity contribution in [3.8, 4) is 0 Å². The maximum atomic E-state index is 12.8. The van der Waals surface area contributed by atoms with E-state index in [-0.39, 0.29) is 33.2 Å². The molecule has 2 aromatic heterocycles. The lowest BCUT2D eigenvalue weighted by molar-refractivity contribution is 0.0526. The molecule has 0 bridgehead atoms. The van der Waals surface area contributed by atoms with Crippen LogP contribution in [-0.4, -0.2) is 40.5 Å². The van der Waals surface area contributed by atoms with Gasteiger partial charge in [0.1, 0.15) is 5.00 Å². The van der Waals surface area contributed by atoms with Gasteiger partial charge in [0.25, 0.3) is 11.8 Å². The Balaban J connectivity index is 1.98. The average Bonchev–Trinajstić information content (AvgIpc) is 3.10. The van der Waals surface area contributed by atoms with Crippen molar-refractivity contribution in [2.45, 2.75) is 13.8 Å². The van der Waals surface area contributed by atoms with Crippen molar-refractivity contribution in [1.29, 1.82) is 0 Å². The number of hydrogen-bond donors (Lipinski definition) is 3. The number of esters is 1. The normalized spacial score (nSPS) is 10.3. The topological polar surface area (TPSA) is 135 Å². The van der Waals surface area contributed by atoms with Gasteiger partial charge in [0.15, 0.2) is 0 Å². The Labute approximate surface area is 187 Å². The summed E-state index contributed by atoms with van der Waals surface area (Å²) >= 11 is 0.897. The van der Waals surface area contributed by atoms with E-state index in [2.05, 4.69) is 15.6 Å². The van der Waals surface area contributed by atoms with Gasteiger partial charge < -0.3 is 20.5 Å². The summed E-state index contributed by atoms with van der Waals surface area (Å²) in [5, 5.41) is 14.7. The summed E-state index contributed by atoms with van der Waals surface area (Å²) in [6.07, 6.45) is 2.34. The van der Waals surface area contributed by atoms with Gasteiger partial charge in [0.05, 0.1) is 28.2 Å². The molecule has 164 valence electrons. The first-order chi connectivity index (χ1) is 15.3. The van der Waals surface area contributed by atoms with E-state index in [4.69, 9.17) is 4.74 Å². The van der Waals surface area contributed by atoms with Crippen LogP contribution < -0.4 is 10.6 Å². The van der Waals surface area contributed by atoms with Crippen LogP contribution in [0.5, 0.6) is 0 Å². The monoisotopic (exact) mass is 453 g/mol. The summed E-state index contributed by atoms with van der Waals surface area (Å²) in [6, 6.07) is 10.0. The number of thiophene rings is 1. The van der Waals surface area contributed by atoms with Gasteiger partial charge in [0, 0.05) is 18.1 Å². The van der Waals surface area contributed by atoms with Crippen LogP contribution in [0.2, 0.25) is 0 Å². The summed E-state index contributed by atoms with van der Waals surface area (Å²) < 4.78 is 5.09. The fourth-order valence-corrected chi connectivity index (χ4v) is 4.00. The van der Waals surface area contributed by atoms with Crippen molar-refractivity contribution in [3.05, 3.63) is 75.9 Å². The number of nitrogens with zero attached hydrogens (tertiary/aromatic N) is 1. The SMILES string of the molecule is CCOC(=O)c1c(NC(=O)c2ccncc2C(=O)O)sc(C(=O)Nc2ccccc2)c1C. The van der Waals surface area contributed by atoms with E-state index in [1.807, 2.05) is 6.07 Å². The lowest BCUT2D eigenvalue weighted by Gasteiger charge is -2.08. The fourth-order valence-electron chi connectivity index (χ4n) is 2.91. The molecule has 32 heavy (non-hydrogen) atoms. The predicted molar refractivity (Wildman–Crippen MR) is 119 cm³/mol. The van der Waals surface area contributed by atoms with Crippen LogP contribution in [0.4, 0.5) is 10.7 Å². The van der Waals surface area contributed by atoms with Gasteiger partial charge in [0.2, 0.25) is 0 Å². The minimum absolute atomic E-state index is 0.0364. The number of carboxylic acid groups (broad SMARTS) is 1. The molecule has 3 N–H and O–H groups in total. The zero-order valence-electron chi connectivity index (χ0n) is 17.2. The number of hydrogen-bond acceptors (Lipinski definition) is 7. The maximum Gasteiger partial charge on any atom is 0.341 e. The molecule has 0 aliphatic carbocycles. The Morgan fingerprint density at radius 3 is 2.41 bits per heavy atom. The van der Waals surface area contributed by atoms with Crippen LogP contribution in [0.3, 0.4) is 0 Å². The number of carboxylic acids is 1. The van der Waals surface area contributed by atoms with Gasteiger partial charge in [-0.3, -0.25) is 14.6 Å². The van der Waals surface area contributed by atoms with E-state index < -0.39 is 23.8 Å². The molecule has 0 spiro atoms. The number of carbonyl (C=O) groups excluding carboxylic acids is 3. The van der Waals surface area contributed by atoms with Crippen LogP contribution in [-0.2, 0) is 4.74 Å². The molecule has 1 aromatic carbocycles. The van der Waals surface area contributed by atoms with Crippen LogP contribution >= 0.6 is 11.3 Å². The summed E-state index contributed by atoms with van der Waals surface area (Å²) in [5.74, 6) is -3.24. The van der Waals surface area contributed by atoms with E-state index in [0.717, 1.165) is 17.5 Å². The Morgan fingerprint density at radius 1 is 1.03 bits per heavy atom. The molecule has 0 unspecified atom stereocenters. The minimum Gasteiger partial charge on any atom is -0.478 e. The van der Waals surface area contributed by atoms with E-state index >= 15 is 0 Å². The number of pyridine rings is 1. The molecule has 0 aliphatic heterocycles. The molecule has 2 heterocycles. The summed E-state index contributed by atoms with van der Waals surface area (Å²) in [7, 11) is 0. The molecule has 2 amide bonds. The van der Waals surface area contributed by atoms with E-state index in [9.17, 15) is 24.3 Å². The smallest absolute Gasteiger partial charge is 0.341 e. The molecular weight excluding hydrogens is 434 g/mol. The van der Waals surface area contributed by atoms with Gasteiger partial charge in [-0.05, 0) is 37.6 Å². The number of para-hydroxylation sites is 1. The molecule has 0 fully saturated rings. The minimum atomic E-state index is -1.32. The second-order valence-corrected chi connectivity index (χ2v) is 7.50. The number of amides is 2. The van der Waals surface area contributed by atoms with Gasteiger partial charge in [-0.2, -0.15) is 0 Å². The molecule has 3 rings (SSSR count). The highest BCUT2D eigenvalue weighted by molar-refractivity contribution is 7.19. The zero-order valence-corrected chi connectivity index (χ0v) is 18.0. The first-order valence-corrected chi connectivity index (χ1v) is 10.3. The quantitative estimate of drug-likeness (QED) is 0.463. The summed E-state index contributed by atoms with van der Waals surface area (Å²) in [6.45, 7) is 3.31. The van der Waals surface area contributed by atoms with Crippen molar-refractivity contribution < 1.29 is 29.0 Å². The molecule has 0 radical (unpaired) electrons. The molecule has 9 nitrogen and oxygen atoms in total. The van der Waals surface area contributed by atoms with Crippen LogP contribution in [0.1, 0.15) is 53.2 Å².